The maximum absolute atomic E-state index is 13.1. The van der Waals surface area contributed by atoms with Gasteiger partial charge in [-0.05, 0) is 30.5 Å². The normalized spacial score (nSPS) is 17.5. The summed E-state index contributed by atoms with van der Waals surface area (Å²) in [5.74, 6) is -1.95. The minimum atomic E-state index is -4.84. The molecule has 0 radical (unpaired) electrons. The van der Waals surface area contributed by atoms with Gasteiger partial charge in [0.05, 0.1) is 5.56 Å². The third-order valence-electron chi connectivity index (χ3n) is 3.98. The highest BCUT2D eigenvalue weighted by atomic mass is 19.4. The van der Waals surface area contributed by atoms with Crippen molar-refractivity contribution in [2.75, 3.05) is 13.2 Å². The summed E-state index contributed by atoms with van der Waals surface area (Å²) >= 11 is 0. The third-order valence-corrected chi connectivity index (χ3v) is 3.98. The van der Waals surface area contributed by atoms with Gasteiger partial charge in [-0.3, -0.25) is 9.69 Å². The van der Waals surface area contributed by atoms with Gasteiger partial charge in [-0.25, -0.2) is 9.18 Å². The Balaban J connectivity index is 2.02. The average molecular weight is 416 g/mol. The predicted molar refractivity (Wildman–Crippen MR) is 80.4 cm³/mol. The van der Waals surface area contributed by atoms with Gasteiger partial charge in [-0.15, -0.1) is 0 Å². The molecular formula is C16H15F7N2O3. The van der Waals surface area contributed by atoms with Gasteiger partial charge in [0.2, 0.25) is 5.91 Å². The van der Waals surface area contributed by atoms with Crippen molar-refractivity contribution in [3.63, 3.8) is 0 Å². The van der Waals surface area contributed by atoms with Crippen LogP contribution in [0.4, 0.5) is 35.5 Å². The van der Waals surface area contributed by atoms with Gasteiger partial charge < -0.3 is 10.1 Å². The summed E-state index contributed by atoms with van der Waals surface area (Å²) in [6.45, 7) is -2.45. The Morgan fingerprint density at radius 2 is 1.86 bits per heavy atom. The molecule has 2 amide bonds. The molecule has 2 rings (SSSR count). The molecule has 28 heavy (non-hydrogen) atoms. The Morgan fingerprint density at radius 1 is 1.18 bits per heavy atom. The Morgan fingerprint density at radius 3 is 2.46 bits per heavy atom. The second-order valence-corrected chi connectivity index (χ2v) is 6.04. The summed E-state index contributed by atoms with van der Waals surface area (Å²) in [6, 6.07) is 0.781. The molecule has 1 unspecified atom stereocenters. The Hall–Kier alpha value is -2.53. The van der Waals surface area contributed by atoms with E-state index in [1.807, 2.05) is 0 Å². The van der Waals surface area contributed by atoms with Crippen molar-refractivity contribution in [2.24, 2.45) is 0 Å². The van der Waals surface area contributed by atoms with Crippen LogP contribution in [0.25, 0.3) is 0 Å². The second-order valence-electron chi connectivity index (χ2n) is 6.04. The maximum Gasteiger partial charge on any atom is 0.422 e. The van der Waals surface area contributed by atoms with Gasteiger partial charge in [0.1, 0.15) is 11.9 Å². The van der Waals surface area contributed by atoms with Crippen LogP contribution in [-0.4, -0.2) is 42.3 Å². The minimum Gasteiger partial charge on any atom is -0.440 e. The van der Waals surface area contributed by atoms with E-state index in [2.05, 4.69) is 10.1 Å². The lowest BCUT2D eigenvalue weighted by Gasteiger charge is -2.24. The number of rotatable bonds is 4. The number of likely N-dealkylation sites (tertiary alicyclic amines) is 1. The van der Waals surface area contributed by atoms with Crippen LogP contribution < -0.4 is 5.32 Å². The average Bonchev–Trinajstić information content (AvgIpc) is 3.06. The Kier molecular flexibility index (Phi) is 6.40. The number of nitrogens with zero attached hydrogens (tertiary/aromatic N) is 1. The van der Waals surface area contributed by atoms with Crippen molar-refractivity contribution in [1.29, 1.82) is 0 Å². The first-order valence-corrected chi connectivity index (χ1v) is 8.02. The van der Waals surface area contributed by atoms with Crippen molar-refractivity contribution in [1.82, 2.24) is 10.2 Å². The summed E-state index contributed by atoms with van der Waals surface area (Å²) in [6.07, 6.45) is -10.5. The summed E-state index contributed by atoms with van der Waals surface area (Å²) in [7, 11) is 0. The largest absolute Gasteiger partial charge is 0.440 e. The highest BCUT2D eigenvalue weighted by Gasteiger charge is 2.38. The van der Waals surface area contributed by atoms with Crippen LogP contribution in [0.5, 0.6) is 0 Å². The molecule has 1 atom stereocenters. The molecule has 0 saturated carbocycles. The fraction of sp³-hybridized carbons (Fsp3) is 0.500. The number of hydrogen-bond acceptors (Lipinski definition) is 3. The molecule has 1 fully saturated rings. The van der Waals surface area contributed by atoms with Crippen LogP contribution in [0.1, 0.15) is 24.0 Å². The quantitative estimate of drug-likeness (QED) is 0.763. The van der Waals surface area contributed by atoms with E-state index < -0.39 is 60.5 Å². The zero-order valence-corrected chi connectivity index (χ0v) is 14.2. The van der Waals surface area contributed by atoms with Gasteiger partial charge in [0, 0.05) is 13.1 Å². The maximum atomic E-state index is 13.1. The molecule has 156 valence electrons. The molecule has 0 aromatic heterocycles. The van der Waals surface area contributed by atoms with E-state index in [-0.39, 0.29) is 19.0 Å². The molecule has 0 aliphatic carbocycles. The Labute approximate surface area is 154 Å². The third kappa shape index (κ3) is 5.73. The zero-order valence-electron chi connectivity index (χ0n) is 14.2. The van der Waals surface area contributed by atoms with E-state index in [9.17, 15) is 40.3 Å². The smallest absolute Gasteiger partial charge is 0.422 e. The van der Waals surface area contributed by atoms with Crippen LogP contribution in [-0.2, 0) is 22.3 Å². The van der Waals surface area contributed by atoms with E-state index in [0.717, 1.165) is 17.0 Å². The SMILES string of the molecule is O=C(NCc1ccc(F)cc1C(F)(F)F)C1CCCN1C(=O)OCC(F)(F)F. The van der Waals surface area contributed by atoms with Crippen LogP contribution in [0.15, 0.2) is 18.2 Å². The first-order chi connectivity index (χ1) is 12.9. The van der Waals surface area contributed by atoms with Crippen molar-refractivity contribution in [2.45, 2.75) is 37.8 Å². The predicted octanol–water partition coefficient (Wildman–Crippen LogP) is 3.62. The number of benzene rings is 1. The lowest BCUT2D eigenvalue weighted by Crippen LogP contribution is -2.46. The van der Waals surface area contributed by atoms with Crippen molar-refractivity contribution in [3.8, 4) is 0 Å². The molecule has 0 bridgehead atoms. The second kappa shape index (κ2) is 8.23. The lowest BCUT2D eigenvalue weighted by molar-refractivity contribution is -0.162. The van der Waals surface area contributed by atoms with Crippen LogP contribution in [0.2, 0.25) is 0 Å². The molecule has 1 aromatic carbocycles. The van der Waals surface area contributed by atoms with Crippen LogP contribution in [0, 0.1) is 5.82 Å². The summed E-state index contributed by atoms with van der Waals surface area (Å²) in [5, 5.41) is 2.20. The van der Waals surface area contributed by atoms with E-state index in [4.69, 9.17) is 0 Å². The standard InChI is InChI=1S/C16H15F7N2O3/c17-10-4-3-9(11(6-10)16(21,22)23)7-24-13(26)12-2-1-5-25(12)14(27)28-8-15(18,19)20/h3-4,6,12H,1-2,5,7-8H2,(H,24,26). The fourth-order valence-corrected chi connectivity index (χ4v) is 2.75. The van der Waals surface area contributed by atoms with Crippen molar-refractivity contribution in [3.05, 3.63) is 35.1 Å². The van der Waals surface area contributed by atoms with Gasteiger partial charge in [0.15, 0.2) is 6.61 Å². The van der Waals surface area contributed by atoms with Crippen LogP contribution in [0.3, 0.4) is 0 Å². The van der Waals surface area contributed by atoms with E-state index >= 15 is 0 Å². The molecule has 5 nitrogen and oxygen atoms in total. The van der Waals surface area contributed by atoms with Crippen molar-refractivity contribution < 1.29 is 45.1 Å². The number of alkyl halides is 6. The minimum absolute atomic E-state index is 0.0286. The lowest BCUT2D eigenvalue weighted by atomic mass is 10.1. The molecule has 1 N–H and O–H groups in total. The monoisotopic (exact) mass is 416 g/mol. The number of carbonyl (C=O) groups is 2. The molecular weight excluding hydrogens is 401 g/mol. The van der Waals surface area contributed by atoms with Gasteiger partial charge in [-0.1, -0.05) is 6.07 Å². The number of carbonyl (C=O) groups excluding carboxylic acids is 2. The van der Waals surface area contributed by atoms with Gasteiger partial charge in [-0.2, -0.15) is 26.3 Å². The van der Waals surface area contributed by atoms with E-state index in [1.54, 1.807) is 0 Å². The molecule has 1 aliphatic rings. The number of nitrogens with one attached hydrogen (secondary N) is 1. The van der Waals surface area contributed by atoms with E-state index in [0.29, 0.717) is 6.42 Å². The highest BCUT2D eigenvalue weighted by Crippen LogP contribution is 2.32. The van der Waals surface area contributed by atoms with Crippen molar-refractivity contribution >= 4 is 12.0 Å². The van der Waals surface area contributed by atoms with Crippen LogP contribution >= 0.6 is 0 Å². The molecule has 1 heterocycles. The Bertz CT molecular complexity index is 734. The zero-order chi connectivity index (χ0) is 21.1. The first-order valence-electron chi connectivity index (χ1n) is 8.02. The van der Waals surface area contributed by atoms with Gasteiger partial charge in [0.25, 0.3) is 0 Å². The molecule has 1 aliphatic heterocycles. The number of ether oxygens (including phenoxy) is 1. The molecule has 12 heteroatoms. The molecule has 1 saturated heterocycles. The molecule has 1 aromatic rings. The summed E-state index contributed by atoms with van der Waals surface area (Å²) in [4.78, 5) is 24.8. The highest BCUT2D eigenvalue weighted by molar-refractivity contribution is 5.86. The number of halogens is 7. The summed E-state index contributed by atoms with van der Waals surface area (Å²) < 4.78 is 92.5. The van der Waals surface area contributed by atoms with E-state index in [1.165, 1.54) is 0 Å². The number of hydrogen-bond donors (Lipinski definition) is 1. The topological polar surface area (TPSA) is 58.6 Å². The fourth-order valence-electron chi connectivity index (χ4n) is 2.75. The summed E-state index contributed by atoms with van der Waals surface area (Å²) in [5.41, 5.74) is -1.66. The molecule has 0 spiro atoms. The first kappa shape index (κ1) is 21.8. The number of amides is 2. The van der Waals surface area contributed by atoms with Gasteiger partial charge >= 0.3 is 18.4 Å².